The molecule has 2 heterocycles. The molecule has 6 nitrogen and oxygen atoms in total. The number of ketones is 1. The zero-order valence-corrected chi connectivity index (χ0v) is 14.5. The summed E-state index contributed by atoms with van der Waals surface area (Å²) in [5, 5.41) is 9.05. The lowest BCUT2D eigenvalue weighted by molar-refractivity contribution is -0.165. The SMILES string of the molecule is CC[Si](CC)(CC)OCCC1C(=O)N2C(C(=O)O)C(=O)CC12. The van der Waals surface area contributed by atoms with Gasteiger partial charge in [-0.1, -0.05) is 20.8 Å². The van der Waals surface area contributed by atoms with Crippen molar-refractivity contribution >= 4 is 26.0 Å². The van der Waals surface area contributed by atoms with Crippen molar-refractivity contribution in [2.24, 2.45) is 5.92 Å². The lowest BCUT2D eigenvalue weighted by Crippen LogP contribution is -2.62. The number of β-lactam (4-membered cyclic amide) rings is 1. The number of carboxylic acids is 1. The molecule has 0 aromatic carbocycles. The second kappa shape index (κ2) is 6.50. The number of Topliss-reactive ketones (excluding diaryl/α,β-unsaturated/α-hetero) is 1. The van der Waals surface area contributed by atoms with Crippen LogP contribution < -0.4 is 0 Å². The Morgan fingerprint density at radius 3 is 2.36 bits per heavy atom. The largest absolute Gasteiger partial charge is 0.479 e. The molecule has 0 saturated carbocycles. The summed E-state index contributed by atoms with van der Waals surface area (Å²) < 4.78 is 6.15. The van der Waals surface area contributed by atoms with Crippen molar-refractivity contribution in [3.63, 3.8) is 0 Å². The van der Waals surface area contributed by atoms with Gasteiger partial charge in [0.2, 0.25) is 5.91 Å². The van der Waals surface area contributed by atoms with Crippen LogP contribution in [0.5, 0.6) is 0 Å². The molecule has 2 aliphatic heterocycles. The maximum absolute atomic E-state index is 12.1. The lowest BCUT2D eigenvalue weighted by atomic mass is 9.85. The van der Waals surface area contributed by atoms with Gasteiger partial charge in [-0.3, -0.25) is 9.59 Å². The second-order valence-corrected chi connectivity index (χ2v) is 11.0. The van der Waals surface area contributed by atoms with Gasteiger partial charge in [-0.15, -0.1) is 0 Å². The molecule has 2 fully saturated rings. The summed E-state index contributed by atoms with van der Waals surface area (Å²) in [4.78, 5) is 36.2. The Hall–Kier alpha value is -1.21. The minimum Gasteiger partial charge on any atom is -0.479 e. The van der Waals surface area contributed by atoms with Crippen LogP contribution in [0.2, 0.25) is 18.1 Å². The molecule has 2 rings (SSSR count). The molecule has 0 spiro atoms. The Morgan fingerprint density at radius 1 is 1.27 bits per heavy atom. The van der Waals surface area contributed by atoms with Gasteiger partial charge in [0.15, 0.2) is 20.1 Å². The van der Waals surface area contributed by atoms with Crippen LogP contribution in [0, 0.1) is 5.92 Å². The molecular formula is C15H25NO5Si. The van der Waals surface area contributed by atoms with E-state index in [0.717, 1.165) is 18.1 Å². The van der Waals surface area contributed by atoms with Gasteiger partial charge in [-0.2, -0.15) is 0 Å². The average Bonchev–Trinajstić information content (AvgIpc) is 2.82. The molecule has 0 aromatic rings. The molecule has 3 atom stereocenters. The summed E-state index contributed by atoms with van der Waals surface area (Å²) in [5.74, 6) is -2.02. The van der Waals surface area contributed by atoms with E-state index >= 15 is 0 Å². The topological polar surface area (TPSA) is 83.9 Å². The fourth-order valence-corrected chi connectivity index (χ4v) is 6.36. The van der Waals surface area contributed by atoms with Crippen LogP contribution in [0.4, 0.5) is 0 Å². The van der Waals surface area contributed by atoms with Gasteiger partial charge in [0, 0.05) is 13.0 Å². The van der Waals surface area contributed by atoms with E-state index in [4.69, 9.17) is 9.53 Å². The van der Waals surface area contributed by atoms with Gasteiger partial charge in [-0.05, 0) is 24.6 Å². The predicted molar refractivity (Wildman–Crippen MR) is 82.9 cm³/mol. The first-order chi connectivity index (χ1) is 10.4. The minimum atomic E-state index is -1.66. The van der Waals surface area contributed by atoms with E-state index in [2.05, 4.69) is 20.8 Å². The van der Waals surface area contributed by atoms with Crippen LogP contribution in [0.15, 0.2) is 0 Å². The van der Waals surface area contributed by atoms with Crippen LogP contribution in [0.3, 0.4) is 0 Å². The number of fused-ring (bicyclic) bond motifs is 1. The zero-order chi connectivity index (χ0) is 16.5. The first kappa shape index (κ1) is 17.1. The van der Waals surface area contributed by atoms with Gasteiger partial charge in [0.1, 0.15) is 0 Å². The Labute approximate surface area is 131 Å². The number of nitrogens with zero attached hydrogens (tertiary/aromatic N) is 1. The zero-order valence-electron chi connectivity index (χ0n) is 13.5. The number of carbonyl (C=O) groups is 3. The summed E-state index contributed by atoms with van der Waals surface area (Å²) >= 11 is 0. The molecule has 1 amide bonds. The van der Waals surface area contributed by atoms with Crippen LogP contribution >= 0.6 is 0 Å². The Morgan fingerprint density at radius 2 is 1.86 bits per heavy atom. The summed E-state index contributed by atoms with van der Waals surface area (Å²) in [6.45, 7) is 7.00. The van der Waals surface area contributed by atoms with Crippen LogP contribution in [0.1, 0.15) is 33.6 Å². The van der Waals surface area contributed by atoms with Crippen LogP contribution in [0.25, 0.3) is 0 Å². The molecule has 2 saturated heterocycles. The van der Waals surface area contributed by atoms with Crippen molar-refractivity contribution in [1.29, 1.82) is 0 Å². The normalized spacial score (nSPS) is 27.8. The first-order valence-electron chi connectivity index (χ1n) is 8.12. The minimum absolute atomic E-state index is 0.172. The maximum Gasteiger partial charge on any atom is 0.334 e. The molecule has 1 N–H and O–H groups in total. The average molecular weight is 327 g/mol. The molecule has 124 valence electrons. The molecular weight excluding hydrogens is 302 g/mol. The number of carbonyl (C=O) groups excluding carboxylic acids is 2. The van der Waals surface area contributed by atoms with E-state index in [0.29, 0.717) is 13.0 Å². The number of rotatable bonds is 8. The molecule has 22 heavy (non-hydrogen) atoms. The summed E-state index contributed by atoms with van der Waals surface area (Å²) in [6, 6.07) is 1.70. The molecule has 0 aromatic heterocycles. The Bertz CT molecular complexity index is 468. The monoisotopic (exact) mass is 327 g/mol. The van der Waals surface area contributed by atoms with Gasteiger partial charge in [0.25, 0.3) is 0 Å². The molecule has 0 aliphatic carbocycles. The lowest BCUT2D eigenvalue weighted by Gasteiger charge is -2.44. The second-order valence-electron chi connectivity index (χ2n) is 6.21. The van der Waals surface area contributed by atoms with Crippen molar-refractivity contribution in [3.8, 4) is 0 Å². The van der Waals surface area contributed by atoms with Crippen LogP contribution in [-0.4, -0.2) is 54.7 Å². The van der Waals surface area contributed by atoms with Crippen molar-refractivity contribution in [2.75, 3.05) is 6.61 Å². The van der Waals surface area contributed by atoms with E-state index in [-0.39, 0.29) is 30.1 Å². The highest BCUT2D eigenvalue weighted by Crippen LogP contribution is 2.40. The van der Waals surface area contributed by atoms with Crippen molar-refractivity contribution in [1.82, 2.24) is 4.90 Å². The molecule has 0 bridgehead atoms. The highest BCUT2D eigenvalue weighted by molar-refractivity contribution is 6.73. The highest BCUT2D eigenvalue weighted by Gasteiger charge is 2.59. The molecule has 2 aliphatic rings. The predicted octanol–water partition coefficient (Wildman–Crippen LogP) is 1.65. The number of carboxylic acid groups (broad SMARTS) is 1. The Kier molecular flexibility index (Phi) is 5.06. The Balaban J connectivity index is 1.91. The van der Waals surface area contributed by atoms with E-state index < -0.39 is 20.3 Å². The van der Waals surface area contributed by atoms with Gasteiger partial charge >= 0.3 is 5.97 Å². The van der Waals surface area contributed by atoms with E-state index in [1.807, 2.05) is 0 Å². The van der Waals surface area contributed by atoms with Crippen molar-refractivity contribution in [2.45, 2.75) is 63.8 Å². The number of hydrogen-bond donors (Lipinski definition) is 1. The summed E-state index contributed by atoms with van der Waals surface area (Å²) in [6.07, 6.45) is 0.764. The van der Waals surface area contributed by atoms with Crippen molar-refractivity contribution in [3.05, 3.63) is 0 Å². The van der Waals surface area contributed by atoms with Gasteiger partial charge in [-0.25, -0.2) is 4.79 Å². The van der Waals surface area contributed by atoms with Crippen LogP contribution in [-0.2, 0) is 18.8 Å². The number of amides is 1. The standard InChI is InChI=1S/C15H25NO5Si/c1-4-22(5-2,6-3)21-8-7-10-11-9-12(17)13(15(19)20)16(11)14(10)18/h10-11,13H,4-9H2,1-3H3,(H,19,20). The first-order valence-corrected chi connectivity index (χ1v) is 10.6. The van der Waals surface area contributed by atoms with Gasteiger partial charge in [0.05, 0.1) is 12.0 Å². The summed E-state index contributed by atoms with van der Waals surface area (Å²) in [5.41, 5.74) is 0. The number of aliphatic carboxylic acids is 1. The quantitative estimate of drug-likeness (QED) is 0.416. The third kappa shape index (κ3) is 2.72. The van der Waals surface area contributed by atoms with E-state index in [1.165, 1.54) is 4.90 Å². The van der Waals surface area contributed by atoms with Gasteiger partial charge < -0.3 is 14.4 Å². The number of hydrogen-bond acceptors (Lipinski definition) is 4. The maximum atomic E-state index is 12.1. The fourth-order valence-electron chi connectivity index (χ4n) is 3.69. The van der Waals surface area contributed by atoms with E-state index in [1.54, 1.807) is 0 Å². The smallest absolute Gasteiger partial charge is 0.334 e. The molecule has 0 radical (unpaired) electrons. The summed E-state index contributed by atoms with van der Waals surface area (Å²) in [7, 11) is -1.66. The van der Waals surface area contributed by atoms with E-state index in [9.17, 15) is 14.4 Å². The fraction of sp³-hybridized carbons (Fsp3) is 0.800. The third-order valence-electron chi connectivity index (χ3n) is 5.39. The van der Waals surface area contributed by atoms with Crippen molar-refractivity contribution < 1.29 is 23.9 Å². The third-order valence-corrected chi connectivity index (χ3v) is 10.1. The molecule has 3 unspecified atom stereocenters. The molecule has 7 heteroatoms. The highest BCUT2D eigenvalue weighted by atomic mass is 28.4.